The van der Waals surface area contributed by atoms with Gasteiger partial charge in [-0.25, -0.2) is 5.01 Å². The molecule has 2 amide bonds. The molecule has 1 fully saturated rings. The van der Waals surface area contributed by atoms with Crippen LogP contribution in [0.25, 0.3) is 0 Å². The first-order valence-corrected chi connectivity index (χ1v) is 6.52. The summed E-state index contributed by atoms with van der Waals surface area (Å²) < 4.78 is 39.2. The Kier molecular flexibility index (Phi) is 3.88. The van der Waals surface area contributed by atoms with Crippen LogP contribution in [0, 0.1) is 5.41 Å². The SMILES string of the molecule is CN1N=C(C(=O)N2CCC(C(=O)O)(C(F)(F)F)C2)CCC1=O. The molecule has 2 aliphatic heterocycles. The van der Waals surface area contributed by atoms with Gasteiger partial charge >= 0.3 is 12.1 Å². The Morgan fingerprint density at radius 3 is 2.41 bits per heavy atom. The first-order valence-electron chi connectivity index (χ1n) is 6.52. The number of halogens is 3. The van der Waals surface area contributed by atoms with Gasteiger partial charge in [-0.1, -0.05) is 0 Å². The molecule has 0 saturated carbocycles. The topological polar surface area (TPSA) is 90.3 Å². The summed E-state index contributed by atoms with van der Waals surface area (Å²) in [5.74, 6) is -3.05. The van der Waals surface area contributed by atoms with Crippen molar-refractivity contribution in [1.29, 1.82) is 0 Å². The first kappa shape index (κ1) is 16.2. The fraction of sp³-hybridized carbons (Fsp3) is 0.667. The number of rotatable bonds is 2. The normalized spacial score (nSPS) is 26.2. The van der Waals surface area contributed by atoms with E-state index in [4.69, 9.17) is 5.11 Å². The van der Waals surface area contributed by atoms with Crippen molar-refractivity contribution in [2.45, 2.75) is 25.4 Å². The van der Waals surface area contributed by atoms with Crippen LogP contribution in [0.1, 0.15) is 19.3 Å². The third-order valence-corrected chi connectivity index (χ3v) is 3.96. The largest absolute Gasteiger partial charge is 0.481 e. The number of carboxylic acid groups (broad SMARTS) is 1. The molecule has 10 heteroatoms. The molecule has 0 bridgehead atoms. The van der Waals surface area contributed by atoms with E-state index in [-0.39, 0.29) is 31.0 Å². The van der Waals surface area contributed by atoms with Crippen molar-refractivity contribution in [3.8, 4) is 0 Å². The summed E-state index contributed by atoms with van der Waals surface area (Å²) >= 11 is 0. The van der Waals surface area contributed by atoms with Gasteiger partial charge in [0.05, 0.1) is 0 Å². The lowest BCUT2D eigenvalue weighted by Crippen LogP contribution is -2.48. The number of alkyl halides is 3. The minimum absolute atomic E-state index is 0.0323. The molecule has 0 aliphatic carbocycles. The number of carbonyl (C=O) groups is 3. The molecule has 2 heterocycles. The zero-order valence-corrected chi connectivity index (χ0v) is 11.7. The van der Waals surface area contributed by atoms with E-state index in [1.165, 1.54) is 7.05 Å². The smallest absolute Gasteiger partial charge is 0.406 e. The van der Waals surface area contributed by atoms with Crippen molar-refractivity contribution in [2.24, 2.45) is 10.5 Å². The van der Waals surface area contributed by atoms with Crippen molar-refractivity contribution >= 4 is 23.5 Å². The third-order valence-electron chi connectivity index (χ3n) is 3.96. The highest BCUT2D eigenvalue weighted by Crippen LogP contribution is 2.45. The summed E-state index contributed by atoms with van der Waals surface area (Å²) in [5.41, 5.74) is -2.98. The molecule has 0 aromatic rings. The molecule has 0 radical (unpaired) electrons. The van der Waals surface area contributed by atoms with Gasteiger partial charge in [0.15, 0.2) is 5.41 Å². The van der Waals surface area contributed by atoms with Gasteiger partial charge in [-0.2, -0.15) is 18.3 Å². The van der Waals surface area contributed by atoms with Crippen LogP contribution in [0.5, 0.6) is 0 Å². The molecular weight excluding hydrogens is 307 g/mol. The molecule has 1 saturated heterocycles. The molecule has 122 valence electrons. The standard InChI is InChI=1S/C12H14F3N3O4/c1-17-8(19)3-2-7(16-17)9(20)18-5-4-11(6-18,10(21)22)12(13,14)15/h2-6H2,1H3,(H,21,22). The fourth-order valence-electron chi connectivity index (χ4n) is 2.52. The Hall–Kier alpha value is -2.13. The molecule has 0 spiro atoms. The Morgan fingerprint density at radius 1 is 1.32 bits per heavy atom. The van der Waals surface area contributed by atoms with Crippen LogP contribution in [-0.4, -0.2) is 64.8 Å². The van der Waals surface area contributed by atoms with Crippen LogP contribution in [0.4, 0.5) is 13.2 Å². The van der Waals surface area contributed by atoms with Crippen molar-refractivity contribution in [3.63, 3.8) is 0 Å². The summed E-state index contributed by atoms with van der Waals surface area (Å²) in [6.45, 7) is -1.26. The second kappa shape index (κ2) is 5.25. The van der Waals surface area contributed by atoms with E-state index >= 15 is 0 Å². The van der Waals surface area contributed by atoms with Crippen LogP contribution in [-0.2, 0) is 14.4 Å². The monoisotopic (exact) mass is 321 g/mol. The van der Waals surface area contributed by atoms with Crippen molar-refractivity contribution in [1.82, 2.24) is 9.91 Å². The highest BCUT2D eigenvalue weighted by Gasteiger charge is 2.64. The van der Waals surface area contributed by atoms with Gasteiger partial charge in [-0.15, -0.1) is 0 Å². The first-order chi connectivity index (χ1) is 10.1. The number of hydrazone groups is 1. The van der Waals surface area contributed by atoms with Crippen LogP contribution >= 0.6 is 0 Å². The van der Waals surface area contributed by atoms with E-state index in [0.29, 0.717) is 0 Å². The van der Waals surface area contributed by atoms with Gasteiger partial charge in [0.2, 0.25) is 5.91 Å². The Labute approximate surface area is 123 Å². The number of carboxylic acids is 1. The summed E-state index contributed by atoms with van der Waals surface area (Å²) in [5, 5.41) is 13.6. The Bertz CT molecular complexity index is 560. The van der Waals surface area contributed by atoms with E-state index in [1.807, 2.05) is 0 Å². The van der Waals surface area contributed by atoms with Gasteiger partial charge in [-0.05, 0) is 6.42 Å². The van der Waals surface area contributed by atoms with Crippen LogP contribution in [0.15, 0.2) is 5.10 Å². The van der Waals surface area contributed by atoms with Crippen molar-refractivity contribution < 1.29 is 32.7 Å². The van der Waals surface area contributed by atoms with Crippen LogP contribution in [0.3, 0.4) is 0 Å². The predicted octanol–water partition coefficient (Wildman–Crippen LogP) is 0.460. The lowest BCUT2D eigenvalue weighted by molar-refractivity contribution is -0.227. The summed E-state index contributed by atoms with van der Waals surface area (Å²) in [6, 6.07) is 0. The Morgan fingerprint density at radius 2 is 1.95 bits per heavy atom. The fourth-order valence-corrected chi connectivity index (χ4v) is 2.52. The number of hydrogen-bond acceptors (Lipinski definition) is 4. The summed E-state index contributed by atoms with van der Waals surface area (Å²) in [4.78, 5) is 35.4. The highest BCUT2D eigenvalue weighted by atomic mass is 19.4. The van der Waals surface area contributed by atoms with E-state index in [1.54, 1.807) is 0 Å². The molecule has 0 aromatic carbocycles. The number of carbonyl (C=O) groups excluding carboxylic acids is 2. The molecule has 0 aromatic heterocycles. The average molecular weight is 321 g/mol. The third kappa shape index (κ3) is 2.53. The Balaban J connectivity index is 2.19. The minimum atomic E-state index is -4.95. The molecule has 2 rings (SSSR count). The summed E-state index contributed by atoms with van der Waals surface area (Å²) in [7, 11) is 1.34. The molecule has 7 nitrogen and oxygen atoms in total. The van der Waals surface area contributed by atoms with Gasteiger partial charge in [0, 0.05) is 33.0 Å². The average Bonchev–Trinajstić information content (AvgIpc) is 2.87. The maximum Gasteiger partial charge on any atom is 0.406 e. The zero-order chi connectivity index (χ0) is 16.7. The molecule has 1 unspecified atom stereocenters. The van der Waals surface area contributed by atoms with Gasteiger partial charge in [0.25, 0.3) is 5.91 Å². The second-order valence-corrected chi connectivity index (χ2v) is 5.33. The lowest BCUT2D eigenvalue weighted by atomic mass is 9.86. The summed E-state index contributed by atoms with van der Waals surface area (Å²) in [6.07, 6.45) is -5.57. The molecule has 1 atom stereocenters. The van der Waals surface area contributed by atoms with Gasteiger partial charge < -0.3 is 10.0 Å². The number of hydrogen-bond donors (Lipinski definition) is 1. The van der Waals surface area contributed by atoms with E-state index in [2.05, 4.69) is 5.10 Å². The maximum absolute atomic E-state index is 13.1. The van der Waals surface area contributed by atoms with Crippen molar-refractivity contribution in [3.05, 3.63) is 0 Å². The quantitative estimate of drug-likeness (QED) is 0.800. The number of nitrogens with zero attached hydrogens (tertiary/aromatic N) is 3. The lowest BCUT2D eigenvalue weighted by Gasteiger charge is -2.28. The van der Waals surface area contributed by atoms with Crippen LogP contribution in [0.2, 0.25) is 0 Å². The minimum Gasteiger partial charge on any atom is -0.481 e. The highest BCUT2D eigenvalue weighted by molar-refractivity contribution is 6.39. The number of amides is 2. The van der Waals surface area contributed by atoms with Gasteiger partial charge in [-0.3, -0.25) is 14.4 Å². The van der Waals surface area contributed by atoms with Crippen LogP contribution < -0.4 is 0 Å². The number of likely N-dealkylation sites (tertiary alicyclic amines) is 1. The van der Waals surface area contributed by atoms with E-state index in [9.17, 15) is 27.6 Å². The zero-order valence-electron chi connectivity index (χ0n) is 11.7. The van der Waals surface area contributed by atoms with Gasteiger partial charge in [0.1, 0.15) is 5.71 Å². The molecule has 22 heavy (non-hydrogen) atoms. The van der Waals surface area contributed by atoms with Crippen molar-refractivity contribution in [2.75, 3.05) is 20.1 Å². The molecular formula is C12H14F3N3O4. The predicted molar refractivity (Wildman–Crippen MR) is 66.8 cm³/mol. The molecule has 2 aliphatic rings. The van der Waals surface area contributed by atoms with E-state index < -0.39 is 36.4 Å². The molecule has 1 N–H and O–H groups in total. The second-order valence-electron chi connectivity index (χ2n) is 5.33. The number of aliphatic carboxylic acids is 1. The maximum atomic E-state index is 13.1. The van der Waals surface area contributed by atoms with E-state index in [0.717, 1.165) is 9.91 Å².